The molecule has 0 aliphatic carbocycles. The maximum absolute atomic E-state index is 12.3. The zero-order valence-corrected chi connectivity index (χ0v) is 13.7. The summed E-state index contributed by atoms with van der Waals surface area (Å²) in [7, 11) is 0. The molecule has 24 heavy (non-hydrogen) atoms. The quantitative estimate of drug-likeness (QED) is 0.870. The Kier molecular flexibility index (Phi) is 4.90. The summed E-state index contributed by atoms with van der Waals surface area (Å²) in [5, 5.41) is 13.5. The van der Waals surface area contributed by atoms with Gasteiger partial charge >= 0.3 is 12.0 Å². The molecule has 0 atom stereocenters. The molecule has 8 nitrogen and oxygen atoms in total. The van der Waals surface area contributed by atoms with Crippen molar-refractivity contribution in [2.75, 3.05) is 36.4 Å². The highest BCUT2D eigenvalue weighted by Crippen LogP contribution is 2.17. The Morgan fingerprint density at radius 1 is 1.25 bits per heavy atom. The number of amides is 2. The van der Waals surface area contributed by atoms with Gasteiger partial charge in [-0.15, -0.1) is 11.3 Å². The zero-order chi connectivity index (χ0) is 16.9. The zero-order valence-electron chi connectivity index (χ0n) is 12.9. The number of carbonyl (C=O) groups excluding carboxylic acids is 1. The van der Waals surface area contributed by atoms with Crippen LogP contribution in [0.25, 0.3) is 0 Å². The van der Waals surface area contributed by atoms with Crippen molar-refractivity contribution in [3.8, 4) is 0 Å². The van der Waals surface area contributed by atoms with Crippen molar-refractivity contribution in [2.45, 2.75) is 6.42 Å². The monoisotopic (exact) mass is 347 g/mol. The van der Waals surface area contributed by atoms with E-state index in [0.29, 0.717) is 37.0 Å². The molecule has 2 amide bonds. The number of pyridine rings is 1. The number of carboxylic acids is 1. The molecule has 1 aliphatic rings. The molecule has 3 rings (SSSR count). The maximum atomic E-state index is 12.3. The van der Waals surface area contributed by atoms with E-state index in [1.807, 2.05) is 18.2 Å². The minimum absolute atomic E-state index is 0.144. The molecule has 0 unspecified atom stereocenters. The predicted octanol–water partition coefficient (Wildman–Crippen LogP) is 1.52. The standard InChI is InChI=1S/C15H17N5O3S/c21-13(22)9-11-10-24-14(17-11)18-15(23)20-7-5-19(6-8-20)12-3-1-2-4-16-12/h1-4,10H,5-9H2,(H,21,22)(H,17,18,23). The van der Waals surface area contributed by atoms with Crippen LogP contribution in [-0.4, -0.2) is 58.2 Å². The number of piperazine rings is 1. The van der Waals surface area contributed by atoms with Crippen LogP contribution in [0.15, 0.2) is 29.8 Å². The predicted molar refractivity (Wildman–Crippen MR) is 90.5 cm³/mol. The molecule has 0 bridgehead atoms. The van der Waals surface area contributed by atoms with Crippen LogP contribution in [-0.2, 0) is 11.2 Å². The number of carboxylic acid groups (broad SMARTS) is 1. The van der Waals surface area contributed by atoms with E-state index in [0.717, 1.165) is 5.82 Å². The average Bonchev–Trinajstić information content (AvgIpc) is 3.02. The van der Waals surface area contributed by atoms with Gasteiger partial charge in [-0.25, -0.2) is 14.8 Å². The Labute approximate surface area is 142 Å². The van der Waals surface area contributed by atoms with Crippen molar-refractivity contribution < 1.29 is 14.7 Å². The first-order valence-corrected chi connectivity index (χ1v) is 8.38. The molecule has 3 heterocycles. The highest BCUT2D eigenvalue weighted by molar-refractivity contribution is 7.13. The van der Waals surface area contributed by atoms with Gasteiger partial charge in [0.25, 0.3) is 0 Å². The van der Waals surface area contributed by atoms with E-state index in [1.54, 1.807) is 16.5 Å². The first kappa shape index (κ1) is 16.2. The fourth-order valence-corrected chi connectivity index (χ4v) is 3.15. The second-order valence-corrected chi connectivity index (χ2v) is 6.16. The van der Waals surface area contributed by atoms with E-state index < -0.39 is 5.97 Å². The van der Waals surface area contributed by atoms with Crippen LogP contribution < -0.4 is 10.2 Å². The SMILES string of the molecule is O=C(O)Cc1csc(NC(=O)N2CCN(c3ccccn3)CC2)n1. The molecule has 9 heteroatoms. The smallest absolute Gasteiger partial charge is 0.323 e. The fraction of sp³-hybridized carbons (Fsp3) is 0.333. The number of thiazole rings is 1. The fourth-order valence-electron chi connectivity index (χ4n) is 2.45. The number of urea groups is 1. The van der Waals surface area contributed by atoms with E-state index in [9.17, 15) is 9.59 Å². The van der Waals surface area contributed by atoms with Crippen molar-refractivity contribution in [3.63, 3.8) is 0 Å². The number of aliphatic carboxylic acids is 1. The number of carbonyl (C=O) groups is 2. The molecule has 2 aromatic rings. The molecule has 0 aromatic carbocycles. The van der Waals surface area contributed by atoms with Crippen molar-refractivity contribution in [2.24, 2.45) is 0 Å². The third-order valence-electron chi connectivity index (χ3n) is 3.64. The lowest BCUT2D eigenvalue weighted by molar-refractivity contribution is -0.136. The van der Waals surface area contributed by atoms with E-state index in [-0.39, 0.29) is 12.5 Å². The number of rotatable bonds is 4. The van der Waals surface area contributed by atoms with Gasteiger partial charge in [0.05, 0.1) is 12.1 Å². The molecule has 2 aromatic heterocycles. The second-order valence-electron chi connectivity index (χ2n) is 5.31. The van der Waals surface area contributed by atoms with E-state index in [4.69, 9.17) is 5.11 Å². The lowest BCUT2D eigenvalue weighted by Gasteiger charge is -2.35. The van der Waals surface area contributed by atoms with Gasteiger partial charge in [0.15, 0.2) is 5.13 Å². The van der Waals surface area contributed by atoms with Crippen LogP contribution in [0.1, 0.15) is 5.69 Å². The molecule has 0 radical (unpaired) electrons. The number of anilines is 2. The van der Waals surface area contributed by atoms with E-state index in [2.05, 4.69) is 20.2 Å². The van der Waals surface area contributed by atoms with Gasteiger partial charge in [-0.3, -0.25) is 10.1 Å². The van der Waals surface area contributed by atoms with Crippen LogP contribution in [0.5, 0.6) is 0 Å². The van der Waals surface area contributed by atoms with Crippen molar-refractivity contribution >= 4 is 34.3 Å². The summed E-state index contributed by atoms with van der Waals surface area (Å²) in [5.41, 5.74) is 0.447. The normalized spacial score (nSPS) is 14.5. The van der Waals surface area contributed by atoms with Crippen molar-refractivity contribution in [1.82, 2.24) is 14.9 Å². The second kappa shape index (κ2) is 7.26. The Hall–Kier alpha value is -2.68. The Morgan fingerprint density at radius 3 is 2.71 bits per heavy atom. The van der Waals surface area contributed by atoms with Crippen molar-refractivity contribution in [1.29, 1.82) is 0 Å². The van der Waals surface area contributed by atoms with Gasteiger partial charge in [-0.1, -0.05) is 6.07 Å². The summed E-state index contributed by atoms with van der Waals surface area (Å²) in [4.78, 5) is 35.2. The first-order valence-electron chi connectivity index (χ1n) is 7.50. The van der Waals surface area contributed by atoms with Gasteiger partial charge in [0.1, 0.15) is 5.82 Å². The van der Waals surface area contributed by atoms with Crippen LogP contribution in [0.4, 0.5) is 15.7 Å². The highest BCUT2D eigenvalue weighted by Gasteiger charge is 2.22. The van der Waals surface area contributed by atoms with Gasteiger partial charge in [-0.2, -0.15) is 0 Å². The van der Waals surface area contributed by atoms with Crippen LogP contribution in [0.3, 0.4) is 0 Å². The molecule has 1 saturated heterocycles. The number of hydrogen-bond donors (Lipinski definition) is 2. The van der Waals surface area contributed by atoms with E-state index in [1.165, 1.54) is 11.3 Å². The maximum Gasteiger partial charge on any atom is 0.323 e. The third kappa shape index (κ3) is 3.99. The number of aromatic nitrogens is 2. The number of nitrogens with one attached hydrogen (secondary N) is 1. The number of nitrogens with zero attached hydrogens (tertiary/aromatic N) is 4. The lowest BCUT2D eigenvalue weighted by atomic mass is 10.3. The third-order valence-corrected chi connectivity index (χ3v) is 4.44. The van der Waals surface area contributed by atoms with Gasteiger partial charge in [-0.05, 0) is 12.1 Å². The average molecular weight is 347 g/mol. The van der Waals surface area contributed by atoms with E-state index >= 15 is 0 Å². The van der Waals surface area contributed by atoms with Crippen molar-refractivity contribution in [3.05, 3.63) is 35.5 Å². The molecule has 2 N–H and O–H groups in total. The molecule has 126 valence electrons. The molecule has 0 saturated carbocycles. The van der Waals surface area contributed by atoms with Crippen LogP contribution in [0, 0.1) is 0 Å². The first-order chi connectivity index (χ1) is 11.6. The van der Waals surface area contributed by atoms with Crippen LogP contribution >= 0.6 is 11.3 Å². The summed E-state index contributed by atoms with van der Waals surface area (Å²) in [5.74, 6) is -0.0281. The largest absolute Gasteiger partial charge is 0.481 e. The lowest BCUT2D eigenvalue weighted by Crippen LogP contribution is -2.50. The minimum atomic E-state index is -0.941. The molecule has 1 fully saturated rings. The van der Waals surface area contributed by atoms with Gasteiger partial charge in [0, 0.05) is 37.8 Å². The van der Waals surface area contributed by atoms with Crippen LogP contribution in [0.2, 0.25) is 0 Å². The molecular weight excluding hydrogens is 330 g/mol. The Morgan fingerprint density at radius 2 is 2.04 bits per heavy atom. The summed E-state index contributed by atoms with van der Waals surface area (Å²) in [6.45, 7) is 2.62. The van der Waals surface area contributed by atoms with Gasteiger partial charge < -0.3 is 14.9 Å². The Balaban J connectivity index is 1.52. The van der Waals surface area contributed by atoms with Gasteiger partial charge in [0.2, 0.25) is 0 Å². The Bertz CT molecular complexity index is 713. The summed E-state index contributed by atoms with van der Waals surface area (Å²) < 4.78 is 0. The summed E-state index contributed by atoms with van der Waals surface area (Å²) >= 11 is 1.23. The summed E-state index contributed by atoms with van der Waals surface area (Å²) in [6.07, 6.45) is 1.61. The molecule has 0 spiro atoms. The minimum Gasteiger partial charge on any atom is -0.481 e. The topological polar surface area (TPSA) is 98.7 Å². The summed E-state index contributed by atoms with van der Waals surface area (Å²) in [6, 6.07) is 5.56. The molecular formula is C15H17N5O3S. The number of hydrogen-bond acceptors (Lipinski definition) is 6. The molecule has 1 aliphatic heterocycles. The highest BCUT2D eigenvalue weighted by atomic mass is 32.1.